The van der Waals surface area contributed by atoms with Crippen LogP contribution in [-0.2, 0) is 11.3 Å². The van der Waals surface area contributed by atoms with Crippen LogP contribution in [0.1, 0.15) is 20.8 Å². The summed E-state index contributed by atoms with van der Waals surface area (Å²) in [7, 11) is 0. The Labute approximate surface area is 113 Å². The van der Waals surface area contributed by atoms with E-state index >= 15 is 0 Å². The average molecular weight is 266 g/mol. The molecule has 6 nitrogen and oxygen atoms in total. The van der Waals surface area contributed by atoms with Crippen LogP contribution in [0.2, 0.25) is 0 Å². The molecule has 0 aliphatic carbocycles. The topological polar surface area (TPSA) is 59.4 Å². The Bertz CT molecular complexity index is 411. The molecular weight excluding hydrogens is 244 g/mol. The van der Waals surface area contributed by atoms with Gasteiger partial charge in [-0.3, -0.25) is 4.68 Å². The molecule has 19 heavy (non-hydrogen) atoms. The number of piperazine rings is 1. The van der Waals surface area contributed by atoms with Crippen molar-refractivity contribution < 1.29 is 9.53 Å². The van der Waals surface area contributed by atoms with Gasteiger partial charge in [-0.2, -0.15) is 5.10 Å². The van der Waals surface area contributed by atoms with Gasteiger partial charge < -0.3 is 15.0 Å². The van der Waals surface area contributed by atoms with Crippen molar-refractivity contribution in [3.63, 3.8) is 0 Å². The van der Waals surface area contributed by atoms with Gasteiger partial charge in [0.2, 0.25) is 0 Å². The van der Waals surface area contributed by atoms with E-state index in [1.165, 1.54) is 0 Å². The zero-order valence-electron chi connectivity index (χ0n) is 11.8. The zero-order chi connectivity index (χ0) is 13.9. The van der Waals surface area contributed by atoms with Crippen LogP contribution < -0.4 is 5.32 Å². The van der Waals surface area contributed by atoms with E-state index in [4.69, 9.17) is 4.74 Å². The molecule has 1 N–H and O–H groups in total. The van der Waals surface area contributed by atoms with Crippen molar-refractivity contribution in [3.8, 4) is 0 Å². The SMILES string of the molecule is CC(C)(C)OC(=O)N1CCN[C@H](Cn2cccn2)C1. The second-order valence-corrected chi connectivity index (χ2v) is 5.81. The van der Waals surface area contributed by atoms with Gasteiger partial charge in [-0.1, -0.05) is 0 Å². The molecule has 1 fully saturated rings. The first-order valence-corrected chi connectivity index (χ1v) is 6.63. The molecule has 2 heterocycles. The molecule has 1 aliphatic heterocycles. The molecule has 1 aliphatic rings. The van der Waals surface area contributed by atoms with Crippen LogP contribution in [0.4, 0.5) is 4.79 Å². The predicted molar refractivity (Wildman–Crippen MR) is 71.8 cm³/mol. The number of carbonyl (C=O) groups is 1. The Balaban J connectivity index is 1.88. The summed E-state index contributed by atoms with van der Waals surface area (Å²) in [5.74, 6) is 0. The lowest BCUT2D eigenvalue weighted by Crippen LogP contribution is -2.54. The third-order valence-electron chi connectivity index (χ3n) is 2.87. The van der Waals surface area contributed by atoms with Crippen LogP contribution in [0.25, 0.3) is 0 Å². The van der Waals surface area contributed by atoms with Gasteiger partial charge in [0, 0.05) is 38.1 Å². The van der Waals surface area contributed by atoms with E-state index in [-0.39, 0.29) is 12.1 Å². The highest BCUT2D eigenvalue weighted by molar-refractivity contribution is 5.68. The zero-order valence-corrected chi connectivity index (χ0v) is 11.8. The highest BCUT2D eigenvalue weighted by Crippen LogP contribution is 2.11. The first kappa shape index (κ1) is 13.9. The Morgan fingerprint density at radius 1 is 1.53 bits per heavy atom. The van der Waals surface area contributed by atoms with Crippen molar-refractivity contribution in [2.75, 3.05) is 19.6 Å². The normalized spacial score (nSPS) is 20.4. The van der Waals surface area contributed by atoms with Gasteiger partial charge in [0.05, 0.1) is 6.54 Å². The number of ether oxygens (including phenoxy) is 1. The fourth-order valence-electron chi connectivity index (χ4n) is 2.07. The monoisotopic (exact) mass is 266 g/mol. The molecule has 1 aromatic heterocycles. The van der Waals surface area contributed by atoms with Crippen molar-refractivity contribution in [2.24, 2.45) is 0 Å². The number of carbonyl (C=O) groups excluding carboxylic acids is 1. The molecule has 0 spiro atoms. The maximum absolute atomic E-state index is 12.0. The minimum absolute atomic E-state index is 0.209. The summed E-state index contributed by atoms with van der Waals surface area (Å²) < 4.78 is 7.27. The van der Waals surface area contributed by atoms with Crippen molar-refractivity contribution in [1.29, 1.82) is 0 Å². The van der Waals surface area contributed by atoms with Crippen LogP contribution in [0.3, 0.4) is 0 Å². The Kier molecular flexibility index (Phi) is 4.09. The van der Waals surface area contributed by atoms with Gasteiger partial charge in [-0.15, -0.1) is 0 Å². The molecule has 0 saturated carbocycles. The third kappa shape index (κ3) is 4.24. The molecule has 2 rings (SSSR count). The van der Waals surface area contributed by atoms with E-state index < -0.39 is 5.60 Å². The molecule has 0 aromatic carbocycles. The fourth-order valence-corrected chi connectivity index (χ4v) is 2.07. The van der Waals surface area contributed by atoms with Crippen molar-refractivity contribution in [2.45, 2.75) is 39.0 Å². The summed E-state index contributed by atoms with van der Waals surface area (Å²) in [5.41, 5.74) is -0.445. The lowest BCUT2D eigenvalue weighted by atomic mass is 10.2. The standard InChI is InChI=1S/C13H22N4O2/c1-13(2,3)19-12(18)16-8-6-14-11(9-16)10-17-7-4-5-15-17/h4-5,7,11,14H,6,8-10H2,1-3H3/t11-/m0/s1. The van der Waals surface area contributed by atoms with E-state index in [0.29, 0.717) is 13.1 Å². The highest BCUT2D eigenvalue weighted by atomic mass is 16.6. The summed E-state index contributed by atoms with van der Waals surface area (Å²) in [6.07, 6.45) is 3.45. The molecule has 0 bridgehead atoms. The predicted octanol–water partition coefficient (Wildman–Crippen LogP) is 1.09. The van der Waals surface area contributed by atoms with Crippen molar-refractivity contribution in [1.82, 2.24) is 20.0 Å². The summed E-state index contributed by atoms with van der Waals surface area (Å²) in [6, 6.07) is 2.11. The Morgan fingerprint density at radius 3 is 2.95 bits per heavy atom. The smallest absolute Gasteiger partial charge is 0.410 e. The number of rotatable bonds is 2. The molecule has 1 amide bonds. The van der Waals surface area contributed by atoms with Crippen molar-refractivity contribution in [3.05, 3.63) is 18.5 Å². The highest BCUT2D eigenvalue weighted by Gasteiger charge is 2.27. The van der Waals surface area contributed by atoms with E-state index in [0.717, 1.165) is 13.1 Å². The van der Waals surface area contributed by atoms with Gasteiger partial charge in [0.1, 0.15) is 5.60 Å². The van der Waals surface area contributed by atoms with Gasteiger partial charge in [0.15, 0.2) is 0 Å². The molecule has 0 radical (unpaired) electrons. The lowest BCUT2D eigenvalue weighted by molar-refractivity contribution is 0.0188. The summed E-state index contributed by atoms with van der Waals surface area (Å²) in [6.45, 7) is 8.52. The number of nitrogens with one attached hydrogen (secondary N) is 1. The summed E-state index contributed by atoms with van der Waals surface area (Å²) in [5, 5.41) is 7.58. The van der Waals surface area contributed by atoms with Crippen LogP contribution in [0.5, 0.6) is 0 Å². The Hall–Kier alpha value is -1.56. The van der Waals surface area contributed by atoms with Crippen LogP contribution in [0, 0.1) is 0 Å². The molecular formula is C13H22N4O2. The number of hydrogen-bond donors (Lipinski definition) is 1. The first-order chi connectivity index (χ1) is 8.94. The number of nitrogens with zero attached hydrogens (tertiary/aromatic N) is 3. The minimum atomic E-state index is -0.445. The van der Waals surface area contributed by atoms with Crippen LogP contribution in [-0.4, -0.2) is 52.1 Å². The maximum Gasteiger partial charge on any atom is 0.410 e. The molecule has 6 heteroatoms. The fraction of sp³-hybridized carbons (Fsp3) is 0.692. The number of hydrogen-bond acceptors (Lipinski definition) is 4. The number of aromatic nitrogens is 2. The van der Waals surface area contributed by atoms with E-state index in [2.05, 4.69) is 10.4 Å². The van der Waals surface area contributed by atoms with Crippen molar-refractivity contribution >= 4 is 6.09 Å². The second kappa shape index (κ2) is 5.61. The molecule has 106 valence electrons. The van der Waals surface area contributed by atoms with Gasteiger partial charge in [-0.05, 0) is 26.8 Å². The molecule has 1 saturated heterocycles. The molecule has 1 atom stereocenters. The molecule has 0 unspecified atom stereocenters. The second-order valence-electron chi connectivity index (χ2n) is 5.81. The van der Waals surface area contributed by atoms with E-state index in [1.807, 2.05) is 37.7 Å². The Morgan fingerprint density at radius 2 is 2.32 bits per heavy atom. The lowest BCUT2D eigenvalue weighted by Gasteiger charge is -2.34. The summed E-state index contributed by atoms with van der Waals surface area (Å²) in [4.78, 5) is 13.8. The maximum atomic E-state index is 12.0. The van der Waals surface area contributed by atoms with Gasteiger partial charge >= 0.3 is 6.09 Å². The van der Waals surface area contributed by atoms with Gasteiger partial charge in [0.25, 0.3) is 0 Å². The minimum Gasteiger partial charge on any atom is -0.444 e. The first-order valence-electron chi connectivity index (χ1n) is 6.63. The molecule has 1 aromatic rings. The van der Waals surface area contributed by atoms with Crippen LogP contribution >= 0.6 is 0 Å². The van der Waals surface area contributed by atoms with E-state index in [1.54, 1.807) is 11.1 Å². The largest absolute Gasteiger partial charge is 0.444 e. The third-order valence-corrected chi connectivity index (χ3v) is 2.87. The van der Waals surface area contributed by atoms with E-state index in [9.17, 15) is 4.79 Å². The van der Waals surface area contributed by atoms with Crippen LogP contribution in [0.15, 0.2) is 18.5 Å². The van der Waals surface area contributed by atoms with Gasteiger partial charge in [-0.25, -0.2) is 4.79 Å². The average Bonchev–Trinajstić information content (AvgIpc) is 2.80. The number of amides is 1. The quantitative estimate of drug-likeness (QED) is 0.870. The summed E-state index contributed by atoms with van der Waals surface area (Å²) >= 11 is 0.